The molecule has 15 heavy (non-hydrogen) atoms. The lowest BCUT2D eigenvalue weighted by molar-refractivity contribution is -0.137. The molecule has 1 aromatic rings. The van der Waals surface area contributed by atoms with Crippen molar-refractivity contribution >= 4 is 12.2 Å². The number of hydrogen-bond acceptors (Lipinski definition) is 2. The number of carbonyl (C=O) groups excluding carboxylic acids is 1. The van der Waals surface area contributed by atoms with E-state index in [1.54, 1.807) is 0 Å². The van der Waals surface area contributed by atoms with Gasteiger partial charge in [-0.15, -0.1) is 0 Å². The summed E-state index contributed by atoms with van der Waals surface area (Å²) >= 11 is 0. The number of rotatable bonds is 2. The van der Waals surface area contributed by atoms with Crippen LogP contribution in [0.1, 0.15) is 11.1 Å². The number of halogens is 3. The van der Waals surface area contributed by atoms with E-state index in [0.717, 1.165) is 18.3 Å². The largest absolute Gasteiger partial charge is 0.416 e. The summed E-state index contributed by atoms with van der Waals surface area (Å²) in [5, 5.41) is 0. The van der Waals surface area contributed by atoms with E-state index in [1.165, 1.54) is 24.3 Å². The first-order chi connectivity index (χ1) is 7.04. The number of hydrogen-bond donors (Lipinski definition) is 0. The van der Waals surface area contributed by atoms with Crippen LogP contribution in [0.3, 0.4) is 0 Å². The Hall–Kier alpha value is -1.87. The fourth-order valence-electron chi connectivity index (χ4n) is 0.937. The maximum atomic E-state index is 12.1. The summed E-state index contributed by atoms with van der Waals surface area (Å²) in [6.07, 6.45) is -0.478. The van der Waals surface area contributed by atoms with Gasteiger partial charge in [0.2, 0.25) is 6.08 Å². The molecular formula is C10H6F3NO. The van der Waals surface area contributed by atoms with Crippen LogP contribution in [-0.4, -0.2) is 6.08 Å². The van der Waals surface area contributed by atoms with Gasteiger partial charge in [-0.05, 0) is 23.8 Å². The van der Waals surface area contributed by atoms with Crippen molar-refractivity contribution in [3.8, 4) is 0 Å². The summed E-state index contributed by atoms with van der Waals surface area (Å²) < 4.78 is 36.4. The zero-order valence-corrected chi connectivity index (χ0v) is 7.45. The third-order valence-electron chi connectivity index (χ3n) is 1.63. The minimum atomic E-state index is -4.33. The summed E-state index contributed by atoms with van der Waals surface area (Å²) in [6, 6.07) is 4.51. The summed E-state index contributed by atoms with van der Waals surface area (Å²) in [7, 11) is 0. The molecule has 0 unspecified atom stereocenters. The molecule has 0 atom stereocenters. The van der Waals surface area contributed by atoms with Gasteiger partial charge in [0, 0.05) is 6.20 Å². The SMILES string of the molecule is O=C=N/C=C\c1ccc(C(F)(F)F)cc1. The van der Waals surface area contributed by atoms with E-state index in [2.05, 4.69) is 4.99 Å². The molecule has 0 N–H and O–H groups in total. The Morgan fingerprint density at radius 1 is 1.20 bits per heavy atom. The molecule has 0 aromatic heterocycles. The molecule has 0 heterocycles. The minimum absolute atomic E-state index is 0.530. The third-order valence-corrected chi connectivity index (χ3v) is 1.63. The van der Waals surface area contributed by atoms with E-state index in [9.17, 15) is 18.0 Å². The Morgan fingerprint density at radius 2 is 1.80 bits per heavy atom. The monoisotopic (exact) mass is 213 g/mol. The molecule has 0 fully saturated rings. The van der Waals surface area contributed by atoms with Gasteiger partial charge in [0.15, 0.2) is 0 Å². The highest BCUT2D eigenvalue weighted by Crippen LogP contribution is 2.29. The van der Waals surface area contributed by atoms with Gasteiger partial charge < -0.3 is 0 Å². The van der Waals surface area contributed by atoms with Crippen molar-refractivity contribution in [1.82, 2.24) is 0 Å². The first kappa shape index (κ1) is 11.2. The van der Waals surface area contributed by atoms with Crippen LogP contribution in [0.15, 0.2) is 35.5 Å². The average molecular weight is 213 g/mol. The maximum Gasteiger partial charge on any atom is 0.416 e. The van der Waals surface area contributed by atoms with Crippen molar-refractivity contribution in [2.45, 2.75) is 6.18 Å². The van der Waals surface area contributed by atoms with Crippen molar-refractivity contribution < 1.29 is 18.0 Å². The summed E-state index contributed by atoms with van der Waals surface area (Å²) in [5.74, 6) is 0. The predicted molar refractivity (Wildman–Crippen MR) is 48.6 cm³/mol. The molecule has 0 saturated carbocycles. The molecule has 1 rings (SSSR count). The van der Waals surface area contributed by atoms with Crippen molar-refractivity contribution in [2.24, 2.45) is 4.99 Å². The van der Waals surface area contributed by atoms with Gasteiger partial charge in [-0.25, -0.2) is 4.79 Å². The lowest BCUT2D eigenvalue weighted by Gasteiger charge is -2.05. The predicted octanol–water partition coefficient (Wildman–Crippen LogP) is 3.01. The topological polar surface area (TPSA) is 29.4 Å². The fourth-order valence-corrected chi connectivity index (χ4v) is 0.937. The van der Waals surface area contributed by atoms with Gasteiger partial charge in [-0.3, -0.25) is 0 Å². The Labute approximate surface area is 83.8 Å². The first-order valence-corrected chi connectivity index (χ1v) is 3.95. The molecule has 5 heteroatoms. The summed E-state index contributed by atoms with van der Waals surface area (Å²) in [5.41, 5.74) is -0.180. The van der Waals surface area contributed by atoms with Crippen molar-refractivity contribution in [2.75, 3.05) is 0 Å². The zero-order valence-electron chi connectivity index (χ0n) is 7.45. The normalized spacial score (nSPS) is 11.4. The van der Waals surface area contributed by atoms with Crippen LogP contribution in [0, 0.1) is 0 Å². The van der Waals surface area contributed by atoms with E-state index >= 15 is 0 Å². The Morgan fingerprint density at radius 3 is 2.27 bits per heavy atom. The smallest absolute Gasteiger partial charge is 0.211 e. The highest BCUT2D eigenvalue weighted by atomic mass is 19.4. The Bertz CT molecular complexity index is 400. The second-order valence-electron chi connectivity index (χ2n) is 2.66. The van der Waals surface area contributed by atoms with Gasteiger partial charge >= 0.3 is 6.18 Å². The number of benzene rings is 1. The lowest BCUT2D eigenvalue weighted by atomic mass is 10.1. The van der Waals surface area contributed by atoms with E-state index in [1.807, 2.05) is 0 Å². The van der Waals surface area contributed by atoms with Gasteiger partial charge in [-0.1, -0.05) is 12.1 Å². The molecule has 0 spiro atoms. The summed E-state index contributed by atoms with van der Waals surface area (Å²) in [4.78, 5) is 12.8. The first-order valence-electron chi connectivity index (χ1n) is 3.95. The highest BCUT2D eigenvalue weighted by molar-refractivity contribution is 5.51. The van der Waals surface area contributed by atoms with Crippen LogP contribution in [0.2, 0.25) is 0 Å². The van der Waals surface area contributed by atoms with E-state index in [-0.39, 0.29) is 0 Å². The second kappa shape index (κ2) is 4.57. The maximum absolute atomic E-state index is 12.1. The molecule has 0 aliphatic carbocycles. The minimum Gasteiger partial charge on any atom is -0.211 e. The van der Waals surface area contributed by atoms with Crippen molar-refractivity contribution in [3.05, 3.63) is 41.6 Å². The second-order valence-corrected chi connectivity index (χ2v) is 2.66. The molecule has 0 saturated heterocycles. The molecule has 1 aromatic carbocycles. The van der Waals surface area contributed by atoms with Gasteiger partial charge in [0.25, 0.3) is 0 Å². The number of isocyanates is 1. The van der Waals surface area contributed by atoms with Gasteiger partial charge in [0.05, 0.1) is 5.56 Å². The fraction of sp³-hybridized carbons (Fsp3) is 0.100. The number of aliphatic imine (C=N–C) groups is 1. The molecule has 2 nitrogen and oxygen atoms in total. The third kappa shape index (κ3) is 3.40. The van der Waals surface area contributed by atoms with Gasteiger partial charge in [-0.2, -0.15) is 18.2 Å². The van der Waals surface area contributed by atoms with Crippen LogP contribution in [-0.2, 0) is 11.0 Å². The van der Waals surface area contributed by atoms with E-state index < -0.39 is 11.7 Å². The van der Waals surface area contributed by atoms with E-state index in [4.69, 9.17) is 0 Å². The Kier molecular flexibility index (Phi) is 3.42. The lowest BCUT2D eigenvalue weighted by Crippen LogP contribution is -2.03. The molecular weight excluding hydrogens is 207 g/mol. The van der Waals surface area contributed by atoms with Gasteiger partial charge in [0.1, 0.15) is 0 Å². The number of nitrogens with zero attached hydrogens (tertiary/aromatic N) is 1. The van der Waals surface area contributed by atoms with Crippen LogP contribution in [0.25, 0.3) is 6.08 Å². The van der Waals surface area contributed by atoms with Crippen LogP contribution >= 0.6 is 0 Å². The molecule has 0 aliphatic heterocycles. The molecule has 78 valence electrons. The summed E-state index contributed by atoms with van der Waals surface area (Å²) in [6.45, 7) is 0. The Balaban J connectivity index is 2.86. The average Bonchev–Trinajstić information content (AvgIpc) is 2.18. The van der Waals surface area contributed by atoms with Crippen LogP contribution in [0.4, 0.5) is 13.2 Å². The van der Waals surface area contributed by atoms with Crippen molar-refractivity contribution in [1.29, 1.82) is 0 Å². The number of alkyl halides is 3. The highest BCUT2D eigenvalue weighted by Gasteiger charge is 2.29. The van der Waals surface area contributed by atoms with Crippen LogP contribution in [0.5, 0.6) is 0 Å². The molecule has 0 amide bonds. The standard InChI is InChI=1S/C10H6F3NO/c11-10(12,13)9-3-1-8(2-4-9)5-6-14-7-15/h1-6H/b6-5-. The molecule has 0 bridgehead atoms. The van der Waals surface area contributed by atoms with Crippen LogP contribution < -0.4 is 0 Å². The molecule has 0 radical (unpaired) electrons. The van der Waals surface area contributed by atoms with Crippen molar-refractivity contribution in [3.63, 3.8) is 0 Å². The zero-order chi connectivity index (χ0) is 11.3. The molecule has 0 aliphatic rings. The van der Waals surface area contributed by atoms with E-state index in [0.29, 0.717) is 5.56 Å². The quantitative estimate of drug-likeness (QED) is 0.548.